The summed E-state index contributed by atoms with van der Waals surface area (Å²) < 4.78 is 0. The molecule has 20 heavy (non-hydrogen) atoms. The van der Waals surface area contributed by atoms with E-state index in [-0.39, 0.29) is 17.2 Å². The van der Waals surface area contributed by atoms with Crippen molar-refractivity contribution in [3.63, 3.8) is 0 Å². The highest BCUT2D eigenvalue weighted by Crippen LogP contribution is 2.24. The molecule has 0 aliphatic rings. The van der Waals surface area contributed by atoms with Gasteiger partial charge >= 0.3 is 5.97 Å². The molecule has 0 radical (unpaired) electrons. The van der Waals surface area contributed by atoms with Crippen LogP contribution in [0.4, 0.5) is 5.69 Å². The lowest BCUT2D eigenvalue weighted by Gasteiger charge is -2.07. The van der Waals surface area contributed by atoms with Crippen LogP contribution in [0.3, 0.4) is 0 Å². The average Bonchev–Trinajstić information content (AvgIpc) is 2.71. The molecule has 1 aromatic carbocycles. The number of hydrogen-bond donors (Lipinski definition) is 2. The molecule has 4 nitrogen and oxygen atoms in total. The molecule has 1 amide bonds. The number of carbonyl (C=O) groups is 2. The number of rotatable bonds is 3. The number of carboxylic acids is 1. The molecule has 1 aromatic heterocycles. The third-order valence-corrected chi connectivity index (χ3v) is 4.24. The standard InChI is InChI=1S/C14H12ClNO3S/c1-7-5-12(20-8(7)2)13(17)16-11-4-3-9(15)6-10(11)14(18)19/h3-6H,1-2H3,(H,16,17)(H,18,19). The summed E-state index contributed by atoms with van der Waals surface area (Å²) >= 11 is 7.14. The quantitative estimate of drug-likeness (QED) is 0.901. The molecule has 0 spiro atoms. The summed E-state index contributed by atoms with van der Waals surface area (Å²) in [5, 5.41) is 12.0. The number of halogens is 1. The minimum Gasteiger partial charge on any atom is -0.478 e. The molecule has 0 bridgehead atoms. The second-order valence-electron chi connectivity index (χ2n) is 4.30. The van der Waals surface area contributed by atoms with Gasteiger partial charge in [-0.15, -0.1) is 11.3 Å². The van der Waals surface area contributed by atoms with Crippen molar-refractivity contribution in [3.05, 3.63) is 50.2 Å². The van der Waals surface area contributed by atoms with E-state index in [0.717, 1.165) is 10.4 Å². The van der Waals surface area contributed by atoms with Crippen LogP contribution in [0.25, 0.3) is 0 Å². The number of nitrogens with one attached hydrogen (secondary N) is 1. The highest BCUT2D eigenvalue weighted by atomic mass is 35.5. The van der Waals surface area contributed by atoms with Crippen molar-refractivity contribution in [1.29, 1.82) is 0 Å². The fourth-order valence-electron chi connectivity index (χ4n) is 1.67. The number of aryl methyl sites for hydroxylation is 2. The van der Waals surface area contributed by atoms with Gasteiger partial charge in [-0.3, -0.25) is 4.79 Å². The first kappa shape index (κ1) is 14.6. The van der Waals surface area contributed by atoms with Crippen molar-refractivity contribution in [3.8, 4) is 0 Å². The number of aromatic carboxylic acids is 1. The van der Waals surface area contributed by atoms with Crippen molar-refractivity contribution in [2.24, 2.45) is 0 Å². The van der Waals surface area contributed by atoms with Gasteiger partial charge in [0.2, 0.25) is 0 Å². The zero-order chi connectivity index (χ0) is 14.9. The second kappa shape index (κ2) is 5.64. The van der Waals surface area contributed by atoms with Gasteiger partial charge in [0, 0.05) is 9.90 Å². The van der Waals surface area contributed by atoms with E-state index in [1.807, 2.05) is 13.8 Å². The molecule has 0 aliphatic carbocycles. The second-order valence-corrected chi connectivity index (χ2v) is 5.99. The van der Waals surface area contributed by atoms with E-state index in [1.54, 1.807) is 6.07 Å². The fraction of sp³-hybridized carbons (Fsp3) is 0.143. The Labute approximate surface area is 125 Å². The molecule has 0 saturated carbocycles. The van der Waals surface area contributed by atoms with Crippen LogP contribution >= 0.6 is 22.9 Å². The van der Waals surface area contributed by atoms with Gasteiger partial charge in [0.15, 0.2) is 0 Å². The number of benzene rings is 1. The number of carboxylic acid groups (broad SMARTS) is 1. The molecule has 0 aliphatic heterocycles. The van der Waals surface area contributed by atoms with E-state index < -0.39 is 5.97 Å². The van der Waals surface area contributed by atoms with Gasteiger partial charge < -0.3 is 10.4 Å². The Balaban J connectivity index is 2.30. The summed E-state index contributed by atoms with van der Waals surface area (Å²) in [6.45, 7) is 3.86. The van der Waals surface area contributed by atoms with Gasteiger partial charge in [-0.1, -0.05) is 11.6 Å². The van der Waals surface area contributed by atoms with Crippen molar-refractivity contribution in [1.82, 2.24) is 0 Å². The molecular formula is C14H12ClNO3S. The number of hydrogen-bond acceptors (Lipinski definition) is 3. The van der Waals surface area contributed by atoms with Gasteiger partial charge in [0.25, 0.3) is 5.91 Å². The van der Waals surface area contributed by atoms with Crippen molar-refractivity contribution in [2.45, 2.75) is 13.8 Å². The first-order valence-corrected chi connectivity index (χ1v) is 6.99. The minimum atomic E-state index is -1.14. The first-order valence-electron chi connectivity index (χ1n) is 5.79. The molecule has 0 unspecified atom stereocenters. The molecule has 104 valence electrons. The summed E-state index contributed by atoms with van der Waals surface area (Å²) in [7, 11) is 0. The predicted molar refractivity (Wildman–Crippen MR) is 80.2 cm³/mol. The number of amides is 1. The van der Waals surface area contributed by atoms with Gasteiger partial charge in [0.1, 0.15) is 0 Å². The lowest BCUT2D eigenvalue weighted by atomic mass is 10.1. The van der Waals surface area contributed by atoms with E-state index in [9.17, 15) is 9.59 Å². The van der Waals surface area contributed by atoms with Gasteiger partial charge in [-0.25, -0.2) is 4.79 Å². The van der Waals surface area contributed by atoms with Gasteiger partial charge in [-0.2, -0.15) is 0 Å². The van der Waals surface area contributed by atoms with E-state index in [4.69, 9.17) is 16.7 Å². The Hall–Kier alpha value is -1.85. The smallest absolute Gasteiger partial charge is 0.337 e. The number of thiophene rings is 1. The Morgan fingerprint density at radius 2 is 1.95 bits per heavy atom. The zero-order valence-electron chi connectivity index (χ0n) is 10.9. The zero-order valence-corrected chi connectivity index (χ0v) is 12.4. The van der Waals surface area contributed by atoms with E-state index in [2.05, 4.69) is 5.32 Å². The van der Waals surface area contributed by atoms with Gasteiger partial charge in [0.05, 0.1) is 16.1 Å². The molecule has 1 heterocycles. The van der Waals surface area contributed by atoms with Crippen LogP contribution in [0.2, 0.25) is 5.02 Å². The lowest BCUT2D eigenvalue weighted by Crippen LogP contribution is -2.13. The maximum absolute atomic E-state index is 12.1. The van der Waals surface area contributed by atoms with E-state index in [1.165, 1.54) is 29.5 Å². The Morgan fingerprint density at radius 1 is 1.25 bits per heavy atom. The number of anilines is 1. The lowest BCUT2D eigenvalue weighted by molar-refractivity contribution is 0.0698. The summed E-state index contributed by atoms with van der Waals surface area (Å²) in [5.41, 5.74) is 1.24. The van der Waals surface area contributed by atoms with Crippen LogP contribution in [0.15, 0.2) is 24.3 Å². The molecule has 0 fully saturated rings. The predicted octanol–water partition coefficient (Wildman–Crippen LogP) is 3.97. The summed E-state index contributed by atoms with van der Waals surface area (Å²) in [5.74, 6) is -1.46. The summed E-state index contributed by atoms with van der Waals surface area (Å²) in [6, 6.07) is 6.11. The van der Waals surface area contributed by atoms with Crippen LogP contribution in [0.1, 0.15) is 30.5 Å². The minimum absolute atomic E-state index is 0.0316. The Morgan fingerprint density at radius 3 is 2.50 bits per heavy atom. The molecule has 2 rings (SSSR count). The third kappa shape index (κ3) is 3.00. The monoisotopic (exact) mass is 309 g/mol. The number of carbonyl (C=O) groups excluding carboxylic acids is 1. The average molecular weight is 310 g/mol. The Kier molecular flexibility index (Phi) is 4.11. The van der Waals surface area contributed by atoms with E-state index >= 15 is 0 Å². The van der Waals surface area contributed by atoms with Crippen LogP contribution in [-0.4, -0.2) is 17.0 Å². The largest absolute Gasteiger partial charge is 0.478 e. The van der Waals surface area contributed by atoms with E-state index in [0.29, 0.717) is 9.90 Å². The molecule has 0 atom stereocenters. The fourth-order valence-corrected chi connectivity index (χ4v) is 2.77. The van der Waals surface area contributed by atoms with Crippen LogP contribution in [0.5, 0.6) is 0 Å². The third-order valence-electron chi connectivity index (χ3n) is 2.85. The summed E-state index contributed by atoms with van der Waals surface area (Å²) in [4.78, 5) is 24.9. The molecule has 2 aromatic rings. The maximum Gasteiger partial charge on any atom is 0.337 e. The molecule has 0 saturated heterocycles. The Bertz CT molecular complexity index is 674. The van der Waals surface area contributed by atoms with Crippen LogP contribution in [-0.2, 0) is 0 Å². The van der Waals surface area contributed by atoms with Crippen molar-refractivity contribution < 1.29 is 14.7 Å². The molecule has 6 heteroatoms. The molecule has 2 N–H and O–H groups in total. The summed E-state index contributed by atoms with van der Waals surface area (Å²) in [6.07, 6.45) is 0. The SMILES string of the molecule is Cc1cc(C(=O)Nc2ccc(Cl)cc2C(=O)O)sc1C. The van der Waals surface area contributed by atoms with Crippen molar-refractivity contribution >= 4 is 40.5 Å². The highest BCUT2D eigenvalue weighted by molar-refractivity contribution is 7.14. The van der Waals surface area contributed by atoms with Crippen molar-refractivity contribution in [2.75, 3.05) is 5.32 Å². The molecular weight excluding hydrogens is 298 g/mol. The first-order chi connectivity index (χ1) is 9.38. The van der Waals surface area contributed by atoms with Gasteiger partial charge in [-0.05, 0) is 43.7 Å². The highest BCUT2D eigenvalue weighted by Gasteiger charge is 2.16. The van der Waals surface area contributed by atoms with Crippen LogP contribution in [0, 0.1) is 13.8 Å². The normalized spacial score (nSPS) is 10.3. The van der Waals surface area contributed by atoms with Crippen LogP contribution < -0.4 is 5.32 Å². The topological polar surface area (TPSA) is 66.4 Å². The maximum atomic E-state index is 12.1.